The van der Waals surface area contributed by atoms with Crippen LogP contribution in [0.3, 0.4) is 0 Å². The zero-order valence-corrected chi connectivity index (χ0v) is 13.7. The van der Waals surface area contributed by atoms with Gasteiger partial charge in [0, 0.05) is 6.54 Å². The van der Waals surface area contributed by atoms with Crippen LogP contribution in [0.2, 0.25) is 0 Å². The molecule has 3 nitrogen and oxygen atoms in total. The lowest BCUT2D eigenvalue weighted by Gasteiger charge is -2.25. The van der Waals surface area contributed by atoms with E-state index in [1.807, 2.05) is 30.3 Å². The molecule has 1 atom stereocenters. The van der Waals surface area contributed by atoms with Gasteiger partial charge in [-0.05, 0) is 34.6 Å². The van der Waals surface area contributed by atoms with Gasteiger partial charge in [-0.15, -0.1) is 0 Å². The Morgan fingerprint density at radius 1 is 1.17 bits per heavy atom. The molecule has 1 aliphatic rings. The maximum Gasteiger partial charge on any atom is 0.323 e. The van der Waals surface area contributed by atoms with E-state index in [1.54, 1.807) is 0 Å². The van der Waals surface area contributed by atoms with E-state index < -0.39 is 0 Å². The van der Waals surface area contributed by atoms with Crippen molar-refractivity contribution in [3.63, 3.8) is 0 Å². The third kappa shape index (κ3) is 3.80. The van der Waals surface area contributed by atoms with Gasteiger partial charge in [0.25, 0.3) is 0 Å². The van der Waals surface area contributed by atoms with Gasteiger partial charge in [0.1, 0.15) is 12.6 Å². The molecule has 0 radical (unpaired) electrons. The van der Waals surface area contributed by atoms with E-state index in [1.165, 1.54) is 16.7 Å². The molecule has 0 amide bonds. The summed E-state index contributed by atoms with van der Waals surface area (Å²) >= 11 is 0. The van der Waals surface area contributed by atoms with Gasteiger partial charge in [-0.1, -0.05) is 62.4 Å². The van der Waals surface area contributed by atoms with Crippen LogP contribution < -0.4 is 5.32 Å². The minimum atomic E-state index is -0.254. The first kappa shape index (κ1) is 15.8. The molecular weight excluding hydrogens is 286 g/mol. The maximum absolute atomic E-state index is 12.3. The van der Waals surface area contributed by atoms with Crippen LogP contribution in [-0.4, -0.2) is 12.0 Å². The van der Waals surface area contributed by atoms with Crippen molar-refractivity contribution in [2.45, 2.75) is 45.4 Å². The van der Waals surface area contributed by atoms with Crippen molar-refractivity contribution in [3.8, 4) is 0 Å². The molecule has 0 aromatic heterocycles. The first-order valence-corrected chi connectivity index (χ1v) is 8.19. The molecule has 2 aromatic carbocycles. The molecular formula is C20H23NO2. The van der Waals surface area contributed by atoms with Crippen LogP contribution in [0.5, 0.6) is 0 Å². The second kappa shape index (κ2) is 6.97. The van der Waals surface area contributed by atoms with E-state index in [9.17, 15) is 4.79 Å². The molecule has 1 unspecified atom stereocenters. The Bertz CT molecular complexity index is 679. The summed E-state index contributed by atoms with van der Waals surface area (Å²) in [5.41, 5.74) is 4.90. The molecule has 3 heteroatoms. The lowest BCUT2D eigenvalue weighted by atomic mass is 9.91. The van der Waals surface area contributed by atoms with E-state index in [2.05, 4.69) is 37.4 Å². The topological polar surface area (TPSA) is 38.3 Å². The Hall–Kier alpha value is -2.13. The SMILES string of the molecule is CC(C)c1ccc2c(c1)CNC(C(=O)OCc1ccccc1)C2. The van der Waals surface area contributed by atoms with Gasteiger partial charge in [0.2, 0.25) is 0 Å². The molecule has 1 aliphatic heterocycles. The molecule has 3 rings (SSSR count). The minimum absolute atomic E-state index is 0.174. The number of hydrogen-bond donors (Lipinski definition) is 1. The Morgan fingerprint density at radius 2 is 1.96 bits per heavy atom. The molecule has 1 N–H and O–H groups in total. The number of carbonyl (C=O) groups excluding carboxylic acids is 1. The van der Waals surface area contributed by atoms with Gasteiger partial charge in [-0.25, -0.2) is 0 Å². The fourth-order valence-corrected chi connectivity index (χ4v) is 2.89. The third-order valence-electron chi connectivity index (χ3n) is 4.37. The second-order valence-electron chi connectivity index (χ2n) is 6.41. The van der Waals surface area contributed by atoms with Crippen LogP contribution >= 0.6 is 0 Å². The molecule has 23 heavy (non-hydrogen) atoms. The molecule has 0 aliphatic carbocycles. The summed E-state index contributed by atoms with van der Waals surface area (Å²) in [5.74, 6) is 0.348. The van der Waals surface area contributed by atoms with Crippen LogP contribution in [0.1, 0.15) is 42.0 Å². The van der Waals surface area contributed by atoms with Crippen molar-refractivity contribution in [2.75, 3.05) is 0 Å². The summed E-state index contributed by atoms with van der Waals surface area (Å²) in [6.07, 6.45) is 0.696. The van der Waals surface area contributed by atoms with E-state index in [0.717, 1.165) is 12.1 Å². The number of esters is 1. The highest BCUT2D eigenvalue weighted by Crippen LogP contribution is 2.23. The van der Waals surface area contributed by atoms with Gasteiger partial charge in [-0.2, -0.15) is 0 Å². The smallest absolute Gasteiger partial charge is 0.323 e. The quantitative estimate of drug-likeness (QED) is 0.878. The second-order valence-corrected chi connectivity index (χ2v) is 6.41. The fraction of sp³-hybridized carbons (Fsp3) is 0.350. The Kier molecular flexibility index (Phi) is 4.77. The van der Waals surface area contributed by atoms with Crippen molar-refractivity contribution < 1.29 is 9.53 Å². The summed E-state index contributed by atoms with van der Waals surface area (Å²) in [5, 5.41) is 3.30. The zero-order valence-electron chi connectivity index (χ0n) is 13.7. The van der Waals surface area contributed by atoms with Crippen molar-refractivity contribution in [2.24, 2.45) is 0 Å². The molecule has 0 saturated carbocycles. The normalized spacial score (nSPS) is 16.9. The summed E-state index contributed by atoms with van der Waals surface area (Å²) in [6.45, 7) is 5.45. The van der Waals surface area contributed by atoms with E-state index in [4.69, 9.17) is 4.74 Å². The van der Waals surface area contributed by atoms with E-state index in [0.29, 0.717) is 18.9 Å². The van der Waals surface area contributed by atoms with Crippen LogP contribution in [0, 0.1) is 0 Å². The Morgan fingerprint density at radius 3 is 2.70 bits per heavy atom. The van der Waals surface area contributed by atoms with Crippen molar-refractivity contribution in [1.82, 2.24) is 5.32 Å². The summed E-state index contributed by atoms with van der Waals surface area (Å²) < 4.78 is 5.44. The Labute approximate surface area is 137 Å². The molecule has 0 spiro atoms. The number of benzene rings is 2. The first-order valence-electron chi connectivity index (χ1n) is 8.19. The van der Waals surface area contributed by atoms with Gasteiger partial charge in [-0.3, -0.25) is 4.79 Å². The van der Waals surface area contributed by atoms with Crippen molar-refractivity contribution >= 4 is 5.97 Å². The lowest BCUT2D eigenvalue weighted by Crippen LogP contribution is -2.42. The zero-order chi connectivity index (χ0) is 16.2. The molecule has 120 valence electrons. The van der Waals surface area contributed by atoms with Crippen molar-refractivity contribution in [3.05, 3.63) is 70.8 Å². The highest BCUT2D eigenvalue weighted by Gasteiger charge is 2.25. The lowest BCUT2D eigenvalue weighted by molar-refractivity contribution is -0.147. The average molecular weight is 309 g/mol. The molecule has 1 heterocycles. The molecule has 2 aromatic rings. The van der Waals surface area contributed by atoms with Crippen LogP contribution in [-0.2, 0) is 29.1 Å². The van der Waals surface area contributed by atoms with Gasteiger partial charge >= 0.3 is 5.97 Å². The predicted molar refractivity (Wildman–Crippen MR) is 91.1 cm³/mol. The summed E-state index contributed by atoms with van der Waals surface area (Å²) in [6, 6.07) is 16.1. The number of fused-ring (bicyclic) bond motifs is 1. The Balaban J connectivity index is 1.61. The maximum atomic E-state index is 12.3. The van der Waals surface area contributed by atoms with Crippen LogP contribution in [0.15, 0.2) is 48.5 Å². The first-order chi connectivity index (χ1) is 11.1. The average Bonchev–Trinajstić information content (AvgIpc) is 2.59. The number of nitrogens with one attached hydrogen (secondary N) is 1. The predicted octanol–water partition coefficient (Wildman–Crippen LogP) is 3.57. The van der Waals surface area contributed by atoms with E-state index >= 15 is 0 Å². The number of hydrogen-bond acceptors (Lipinski definition) is 3. The highest BCUT2D eigenvalue weighted by atomic mass is 16.5. The third-order valence-corrected chi connectivity index (χ3v) is 4.37. The molecule has 0 fully saturated rings. The van der Waals surface area contributed by atoms with Crippen LogP contribution in [0.25, 0.3) is 0 Å². The standard InChI is InChI=1S/C20H23NO2/c1-14(2)16-8-9-17-11-19(21-12-18(17)10-16)20(22)23-13-15-6-4-3-5-7-15/h3-10,14,19,21H,11-13H2,1-2H3. The van der Waals surface area contributed by atoms with Gasteiger partial charge in [0.05, 0.1) is 0 Å². The largest absolute Gasteiger partial charge is 0.460 e. The van der Waals surface area contributed by atoms with Crippen molar-refractivity contribution in [1.29, 1.82) is 0 Å². The van der Waals surface area contributed by atoms with Gasteiger partial charge in [0.15, 0.2) is 0 Å². The fourth-order valence-electron chi connectivity index (χ4n) is 2.89. The molecule has 0 bridgehead atoms. The number of carbonyl (C=O) groups is 1. The van der Waals surface area contributed by atoms with Crippen LogP contribution in [0.4, 0.5) is 0 Å². The summed E-state index contributed by atoms with van der Waals surface area (Å²) in [4.78, 5) is 12.3. The highest BCUT2D eigenvalue weighted by molar-refractivity contribution is 5.76. The molecule has 0 saturated heterocycles. The van der Waals surface area contributed by atoms with Gasteiger partial charge < -0.3 is 10.1 Å². The summed E-state index contributed by atoms with van der Waals surface area (Å²) in [7, 11) is 0. The monoisotopic (exact) mass is 309 g/mol. The number of rotatable bonds is 4. The van der Waals surface area contributed by atoms with E-state index in [-0.39, 0.29) is 12.0 Å². The number of ether oxygens (including phenoxy) is 1. The minimum Gasteiger partial charge on any atom is -0.460 e.